The quantitative estimate of drug-likeness (QED) is 0.753. The second-order valence-electron chi connectivity index (χ2n) is 6.25. The molecule has 0 unspecified atom stereocenters. The summed E-state index contributed by atoms with van der Waals surface area (Å²) in [7, 11) is 0. The summed E-state index contributed by atoms with van der Waals surface area (Å²) in [5.41, 5.74) is -3.60. The Morgan fingerprint density at radius 1 is 1.17 bits per heavy atom. The van der Waals surface area contributed by atoms with Gasteiger partial charge in [-0.3, -0.25) is 4.79 Å². The number of alkyl halides is 5. The van der Waals surface area contributed by atoms with E-state index in [1.807, 2.05) is 0 Å². The highest BCUT2D eigenvalue weighted by Gasteiger charge is 2.61. The van der Waals surface area contributed by atoms with Crippen molar-refractivity contribution in [2.75, 3.05) is 19.6 Å². The topological polar surface area (TPSA) is 78.9 Å². The van der Waals surface area contributed by atoms with E-state index in [2.05, 4.69) is 0 Å². The molecule has 0 aromatic heterocycles. The fraction of sp³-hybridized carbons (Fsp3) is 0.833. The Labute approximate surface area is 128 Å². The largest absolute Gasteiger partial charge is 0.471 e. The molecule has 1 heterocycles. The van der Waals surface area contributed by atoms with Crippen molar-refractivity contribution >= 4 is 12.0 Å². The van der Waals surface area contributed by atoms with Crippen LogP contribution in [0.1, 0.15) is 20.8 Å². The SMILES string of the molecule is CC(C)(C)OC(=O)N1CC(O)(C(F)(F)CNC(=O)C(F)(F)F)C1. The maximum atomic E-state index is 13.8. The average molecular weight is 348 g/mol. The summed E-state index contributed by atoms with van der Waals surface area (Å²) >= 11 is 0. The van der Waals surface area contributed by atoms with Crippen molar-refractivity contribution in [3.8, 4) is 0 Å². The molecule has 2 amide bonds. The van der Waals surface area contributed by atoms with Gasteiger partial charge in [0.25, 0.3) is 5.92 Å². The first-order chi connectivity index (χ1) is 10.1. The molecule has 0 bridgehead atoms. The zero-order valence-electron chi connectivity index (χ0n) is 12.6. The molecule has 6 nitrogen and oxygen atoms in total. The first kappa shape index (κ1) is 19.4. The summed E-state index contributed by atoms with van der Waals surface area (Å²) in [6, 6.07) is 0. The van der Waals surface area contributed by atoms with E-state index in [0.717, 1.165) is 10.2 Å². The van der Waals surface area contributed by atoms with Gasteiger partial charge in [-0.15, -0.1) is 0 Å². The molecule has 0 aromatic carbocycles. The number of aliphatic hydroxyl groups is 1. The van der Waals surface area contributed by atoms with Crippen LogP contribution >= 0.6 is 0 Å². The van der Waals surface area contributed by atoms with E-state index in [1.165, 1.54) is 0 Å². The number of carbonyl (C=O) groups excluding carboxylic acids is 2. The lowest BCUT2D eigenvalue weighted by atomic mass is 9.87. The molecule has 0 radical (unpaired) electrons. The fourth-order valence-corrected chi connectivity index (χ4v) is 1.73. The van der Waals surface area contributed by atoms with E-state index in [-0.39, 0.29) is 0 Å². The highest BCUT2D eigenvalue weighted by atomic mass is 19.4. The van der Waals surface area contributed by atoms with Gasteiger partial charge in [0.1, 0.15) is 5.60 Å². The van der Waals surface area contributed by atoms with Crippen LogP contribution in [0.4, 0.5) is 26.7 Å². The van der Waals surface area contributed by atoms with Crippen molar-refractivity contribution in [1.82, 2.24) is 10.2 Å². The molecule has 0 spiro atoms. The highest BCUT2D eigenvalue weighted by molar-refractivity contribution is 5.81. The number of likely N-dealkylation sites (tertiary alicyclic amines) is 1. The minimum Gasteiger partial charge on any atom is -0.444 e. The molecule has 1 aliphatic rings. The van der Waals surface area contributed by atoms with Crippen LogP contribution in [-0.4, -0.2) is 64.9 Å². The van der Waals surface area contributed by atoms with Crippen LogP contribution in [0.5, 0.6) is 0 Å². The number of hydrogen-bond acceptors (Lipinski definition) is 4. The van der Waals surface area contributed by atoms with Crippen LogP contribution < -0.4 is 5.32 Å². The predicted octanol–water partition coefficient (Wildman–Crippen LogP) is 1.28. The van der Waals surface area contributed by atoms with E-state index >= 15 is 0 Å². The number of nitrogens with one attached hydrogen (secondary N) is 1. The summed E-state index contributed by atoms with van der Waals surface area (Å²) in [5, 5.41) is 10.7. The van der Waals surface area contributed by atoms with Gasteiger partial charge in [0.15, 0.2) is 5.60 Å². The van der Waals surface area contributed by atoms with Crippen molar-refractivity contribution < 1.29 is 41.4 Å². The van der Waals surface area contributed by atoms with Crippen molar-refractivity contribution in [3.05, 3.63) is 0 Å². The van der Waals surface area contributed by atoms with Gasteiger partial charge in [-0.05, 0) is 20.8 Å². The molecule has 1 saturated heterocycles. The lowest BCUT2D eigenvalue weighted by Crippen LogP contribution is -2.73. The lowest BCUT2D eigenvalue weighted by Gasteiger charge is -2.49. The Bertz CT molecular complexity index is 481. The number of ether oxygens (including phenoxy) is 1. The predicted molar refractivity (Wildman–Crippen MR) is 66.8 cm³/mol. The summed E-state index contributed by atoms with van der Waals surface area (Å²) in [4.78, 5) is 22.9. The number of hydrogen-bond donors (Lipinski definition) is 2. The Morgan fingerprint density at radius 3 is 2.04 bits per heavy atom. The first-order valence-corrected chi connectivity index (χ1v) is 6.51. The molecule has 11 heteroatoms. The maximum absolute atomic E-state index is 13.8. The van der Waals surface area contributed by atoms with Crippen molar-refractivity contribution in [2.24, 2.45) is 0 Å². The molecule has 0 atom stereocenters. The average Bonchev–Trinajstić information content (AvgIpc) is 2.28. The number of rotatable bonds is 3. The van der Waals surface area contributed by atoms with Crippen LogP contribution in [0.3, 0.4) is 0 Å². The standard InChI is InChI=1S/C12H17F5N2O4/c1-9(2,3)23-8(21)19-5-10(22,6-19)11(13,14)4-18-7(20)12(15,16)17/h22H,4-6H2,1-3H3,(H,18,20). The van der Waals surface area contributed by atoms with Crippen molar-refractivity contribution in [1.29, 1.82) is 0 Å². The molecule has 1 fully saturated rings. The van der Waals surface area contributed by atoms with Crippen LogP contribution in [0.2, 0.25) is 0 Å². The summed E-state index contributed by atoms with van der Waals surface area (Å²) < 4.78 is 68.3. The van der Waals surface area contributed by atoms with E-state index in [9.17, 15) is 36.6 Å². The molecular formula is C12H17F5N2O4. The smallest absolute Gasteiger partial charge is 0.444 e. The van der Waals surface area contributed by atoms with E-state index in [0.29, 0.717) is 0 Å². The third kappa shape index (κ3) is 4.66. The van der Waals surface area contributed by atoms with Crippen molar-refractivity contribution in [2.45, 2.75) is 44.1 Å². The van der Waals surface area contributed by atoms with Crippen LogP contribution in [-0.2, 0) is 9.53 Å². The molecule has 0 aliphatic carbocycles. The maximum Gasteiger partial charge on any atom is 0.471 e. The molecule has 2 N–H and O–H groups in total. The monoisotopic (exact) mass is 348 g/mol. The third-order valence-corrected chi connectivity index (χ3v) is 2.97. The van der Waals surface area contributed by atoms with Gasteiger partial charge >= 0.3 is 18.2 Å². The van der Waals surface area contributed by atoms with Gasteiger partial charge < -0.3 is 20.1 Å². The molecule has 23 heavy (non-hydrogen) atoms. The van der Waals surface area contributed by atoms with Gasteiger partial charge in [-0.25, -0.2) is 13.6 Å². The zero-order valence-corrected chi connectivity index (χ0v) is 12.6. The van der Waals surface area contributed by atoms with Crippen LogP contribution in [0.25, 0.3) is 0 Å². The minimum absolute atomic E-state index is 0.782. The molecule has 0 aromatic rings. The van der Waals surface area contributed by atoms with Crippen molar-refractivity contribution in [3.63, 3.8) is 0 Å². The summed E-state index contributed by atoms with van der Waals surface area (Å²) in [6.45, 7) is 1.31. The van der Waals surface area contributed by atoms with E-state index < -0.39 is 54.9 Å². The number of nitrogens with zero attached hydrogens (tertiary/aromatic N) is 1. The Morgan fingerprint density at radius 2 is 1.65 bits per heavy atom. The molecule has 134 valence electrons. The minimum atomic E-state index is -5.30. The van der Waals surface area contributed by atoms with E-state index in [1.54, 1.807) is 20.8 Å². The summed E-state index contributed by atoms with van der Waals surface area (Å²) in [6.07, 6.45) is -6.24. The molecule has 1 aliphatic heterocycles. The normalized spacial score (nSPS) is 18.2. The van der Waals surface area contributed by atoms with Gasteiger partial charge in [0, 0.05) is 0 Å². The number of halogens is 5. The summed E-state index contributed by atoms with van der Waals surface area (Å²) in [5.74, 6) is -6.59. The van der Waals surface area contributed by atoms with Gasteiger partial charge in [-0.2, -0.15) is 13.2 Å². The molecular weight excluding hydrogens is 331 g/mol. The number of carbonyl (C=O) groups is 2. The fourth-order valence-electron chi connectivity index (χ4n) is 1.73. The second-order valence-corrected chi connectivity index (χ2v) is 6.25. The molecule has 1 rings (SSSR count). The lowest BCUT2D eigenvalue weighted by molar-refractivity contribution is -0.233. The third-order valence-electron chi connectivity index (χ3n) is 2.97. The van der Waals surface area contributed by atoms with Crippen LogP contribution in [0, 0.1) is 0 Å². The highest BCUT2D eigenvalue weighted by Crippen LogP contribution is 2.37. The molecule has 0 saturated carbocycles. The zero-order chi connectivity index (χ0) is 18.3. The Balaban J connectivity index is 2.59. The Kier molecular flexibility index (Phi) is 4.86. The van der Waals surface area contributed by atoms with Gasteiger partial charge in [-0.1, -0.05) is 0 Å². The number of amides is 2. The van der Waals surface area contributed by atoms with Gasteiger partial charge in [0.2, 0.25) is 0 Å². The second kappa shape index (κ2) is 5.77. The number of β-amino-alcohol motifs (C(OH)–C–C–N with tert-alkyl or cyclic N) is 1. The van der Waals surface area contributed by atoms with Gasteiger partial charge in [0.05, 0.1) is 19.6 Å². The Hall–Kier alpha value is -1.65. The first-order valence-electron chi connectivity index (χ1n) is 6.51. The van der Waals surface area contributed by atoms with E-state index in [4.69, 9.17) is 4.74 Å². The van der Waals surface area contributed by atoms with Crippen LogP contribution in [0.15, 0.2) is 0 Å².